The van der Waals surface area contributed by atoms with E-state index in [0.717, 1.165) is 6.42 Å². The molecule has 0 heteroatoms. The monoisotopic (exact) mass is 384 g/mol. The number of allylic oxidation sites excluding steroid dienone is 3. The van der Waals surface area contributed by atoms with Crippen molar-refractivity contribution in [3.05, 3.63) is 125 Å². The van der Waals surface area contributed by atoms with E-state index in [1.807, 2.05) is 6.07 Å². The Bertz CT molecular complexity index is 778. The normalized spacial score (nSPS) is 10.2. The summed E-state index contributed by atoms with van der Waals surface area (Å²) in [5, 5.41) is 0. The first-order valence-electron chi connectivity index (χ1n) is 10.2. The first kappa shape index (κ1) is 24.2. The Labute approximate surface area is 178 Å². The molecule has 3 aromatic carbocycles. The molecule has 3 rings (SSSR count). The molecule has 0 spiro atoms. The third kappa shape index (κ3) is 11.5. The number of aryl methyl sites for hydroxylation is 4. The van der Waals surface area contributed by atoms with Gasteiger partial charge in [0, 0.05) is 0 Å². The summed E-state index contributed by atoms with van der Waals surface area (Å²) in [5.74, 6) is 0. The molecule has 29 heavy (non-hydrogen) atoms. The molecule has 0 aliphatic rings. The average Bonchev–Trinajstić information content (AvgIpc) is 2.72. The van der Waals surface area contributed by atoms with Gasteiger partial charge in [0.25, 0.3) is 0 Å². The minimum absolute atomic E-state index is 0.973. The second kappa shape index (κ2) is 13.3. The maximum absolute atomic E-state index is 3.88. The predicted molar refractivity (Wildman–Crippen MR) is 131 cm³/mol. The van der Waals surface area contributed by atoms with E-state index in [9.17, 15) is 0 Å². The van der Waals surface area contributed by atoms with Crippen molar-refractivity contribution in [1.82, 2.24) is 0 Å². The summed E-state index contributed by atoms with van der Waals surface area (Å²) in [4.78, 5) is 0. The summed E-state index contributed by atoms with van der Waals surface area (Å²) in [6.45, 7) is 16.5. The Balaban J connectivity index is 0.000000228. The van der Waals surface area contributed by atoms with Crippen LogP contribution in [0.4, 0.5) is 0 Å². The van der Waals surface area contributed by atoms with Crippen molar-refractivity contribution < 1.29 is 0 Å². The van der Waals surface area contributed by atoms with E-state index in [0.29, 0.717) is 0 Å². The van der Waals surface area contributed by atoms with E-state index in [2.05, 4.69) is 127 Å². The summed E-state index contributed by atoms with van der Waals surface area (Å²) in [6.07, 6.45) is 3.19. The Morgan fingerprint density at radius 3 is 1.28 bits per heavy atom. The molecule has 3 aromatic rings. The lowest BCUT2D eigenvalue weighted by Gasteiger charge is -2.00. The molecule has 0 atom stereocenters. The van der Waals surface area contributed by atoms with E-state index in [-0.39, 0.29) is 0 Å². The lowest BCUT2D eigenvalue weighted by atomic mass is 10.1. The van der Waals surface area contributed by atoms with Crippen molar-refractivity contribution in [3.8, 4) is 0 Å². The Morgan fingerprint density at radius 1 is 0.621 bits per heavy atom. The Kier molecular flexibility index (Phi) is 11.1. The zero-order valence-corrected chi connectivity index (χ0v) is 19.0. The van der Waals surface area contributed by atoms with Crippen molar-refractivity contribution in [2.75, 3.05) is 0 Å². The lowest BCUT2D eigenvalue weighted by molar-refractivity contribution is 1.22. The van der Waals surface area contributed by atoms with Crippen LogP contribution in [0, 0.1) is 27.7 Å². The zero-order valence-electron chi connectivity index (χ0n) is 19.0. The van der Waals surface area contributed by atoms with Crippen molar-refractivity contribution in [2.24, 2.45) is 0 Å². The van der Waals surface area contributed by atoms with E-state index in [1.165, 1.54) is 39.0 Å². The molecule has 0 fully saturated rings. The van der Waals surface area contributed by atoms with Crippen LogP contribution in [0.15, 0.2) is 97.1 Å². The lowest BCUT2D eigenvalue weighted by Crippen LogP contribution is -1.78. The van der Waals surface area contributed by atoms with E-state index < -0.39 is 0 Å². The predicted octanol–water partition coefficient (Wildman–Crippen LogP) is 8.66. The molecular formula is C29H36. The first-order valence-corrected chi connectivity index (χ1v) is 10.2. The Hall–Kier alpha value is -2.86. The van der Waals surface area contributed by atoms with Gasteiger partial charge in [-0.2, -0.15) is 0 Å². The molecule has 0 heterocycles. The highest BCUT2D eigenvalue weighted by Crippen LogP contribution is 2.14. The molecule has 0 unspecified atom stereocenters. The molecule has 0 N–H and O–H groups in total. The largest absolute Gasteiger partial charge is 0.0998 e. The summed E-state index contributed by atoms with van der Waals surface area (Å²) < 4.78 is 0. The molecule has 152 valence electrons. The smallest absolute Gasteiger partial charge is 0.0138 e. The fourth-order valence-electron chi connectivity index (χ4n) is 2.42. The summed E-state index contributed by atoms with van der Waals surface area (Å²) in [6, 6.07) is 27.4. The maximum Gasteiger partial charge on any atom is -0.0138 e. The molecular weight excluding hydrogens is 348 g/mol. The van der Waals surface area contributed by atoms with Gasteiger partial charge in [0.15, 0.2) is 0 Å². The minimum atomic E-state index is 0.973. The molecule has 0 saturated heterocycles. The highest BCUT2D eigenvalue weighted by Gasteiger charge is 1.92. The standard InChI is InChI=1S/C13H16.2C8H10/c1-11(2)9-10-12(3)13-7-5-4-6-8-13;2*1-7-3-5-8(2)6-4-7/h4-8,10H,1,9H2,2-3H3;2*3-6H,1-2H3/b12-10+;;. The van der Waals surface area contributed by atoms with Crippen molar-refractivity contribution >= 4 is 5.57 Å². The van der Waals surface area contributed by atoms with Gasteiger partial charge in [-0.25, -0.2) is 0 Å². The first-order chi connectivity index (χ1) is 13.8. The van der Waals surface area contributed by atoms with Gasteiger partial charge in [0.1, 0.15) is 0 Å². The van der Waals surface area contributed by atoms with Gasteiger partial charge in [-0.1, -0.05) is 119 Å². The van der Waals surface area contributed by atoms with E-state index >= 15 is 0 Å². The molecule has 0 nitrogen and oxygen atoms in total. The molecule has 0 aliphatic carbocycles. The van der Waals surface area contributed by atoms with Gasteiger partial charge < -0.3 is 0 Å². The van der Waals surface area contributed by atoms with Crippen molar-refractivity contribution in [1.29, 1.82) is 0 Å². The van der Waals surface area contributed by atoms with Crippen LogP contribution in [0.3, 0.4) is 0 Å². The molecule has 0 aromatic heterocycles. The fraction of sp³-hybridized carbons (Fsp3) is 0.241. The number of rotatable bonds is 3. The third-order valence-electron chi connectivity index (χ3n) is 4.42. The van der Waals surface area contributed by atoms with Gasteiger partial charge in [-0.15, -0.1) is 0 Å². The van der Waals surface area contributed by atoms with Gasteiger partial charge in [0.05, 0.1) is 0 Å². The van der Waals surface area contributed by atoms with Crippen LogP contribution in [0.1, 0.15) is 48.1 Å². The third-order valence-corrected chi connectivity index (χ3v) is 4.42. The van der Waals surface area contributed by atoms with Crippen molar-refractivity contribution in [2.45, 2.75) is 48.0 Å². The maximum atomic E-state index is 3.88. The highest BCUT2D eigenvalue weighted by molar-refractivity contribution is 5.63. The fourth-order valence-corrected chi connectivity index (χ4v) is 2.42. The number of hydrogen-bond donors (Lipinski definition) is 0. The van der Waals surface area contributed by atoms with Crippen LogP contribution >= 0.6 is 0 Å². The quantitative estimate of drug-likeness (QED) is 0.396. The summed E-state index contributed by atoms with van der Waals surface area (Å²) >= 11 is 0. The zero-order chi connectivity index (χ0) is 21.6. The number of benzene rings is 3. The highest BCUT2D eigenvalue weighted by atomic mass is 14.0. The minimum Gasteiger partial charge on any atom is -0.0998 e. The van der Waals surface area contributed by atoms with E-state index in [4.69, 9.17) is 0 Å². The van der Waals surface area contributed by atoms with Crippen molar-refractivity contribution in [3.63, 3.8) is 0 Å². The van der Waals surface area contributed by atoms with E-state index in [1.54, 1.807) is 0 Å². The van der Waals surface area contributed by atoms with Crippen LogP contribution in [0.5, 0.6) is 0 Å². The second-order valence-electron chi connectivity index (χ2n) is 7.72. The van der Waals surface area contributed by atoms with Gasteiger partial charge in [-0.05, 0) is 59.1 Å². The molecule has 0 bridgehead atoms. The molecule has 0 aliphatic heterocycles. The SMILES string of the molecule is C=C(C)C/C=C(\C)c1ccccc1.Cc1ccc(C)cc1.Cc1ccc(C)cc1. The molecule has 0 saturated carbocycles. The van der Waals surface area contributed by atoms with Gasteiger partial charge >= 0.3 is 0 Å². The summed E-state index contributed by atoms with van der Waals surface area (Å²) in [7, 11) is 0. The number of hydrogen-bond acceptors (Lipinski definition) is 0. The van der Waals surface area contributed by atoms with Gasteiger partial charge in [-0.3, -0.25) is 0 Å². The topological polar surface area (TPSA) is 0 Å². The summed E-state index contributed by atoms with van der Waals surface area (Å²) in [5.41, 5.74) is 9.14. The van der Waals surface area contributed by atoms with Crippen LogP contribution in [-0.4, -0.2) is 0 Å². The van der Waals surface area contributed by atoms with Crippen LogP contribution in [0.2, 0.25) is 0 Å². The molecule has 0 amide bonds. The molecule has 0 radical (unpaired) electrons. The Morgan fingerprint density at radius 2 is 0.966 bits per heavy atom. The average molecular weight is 385 g/mol. The van der Waals surface area contributed by atoms with Crippen LogP contribution in [0.25, 0.3) is 5.57 Å². The van der Waals surface area contributed by atoms with Gasteiger partial charge in [0.2, 0.25) is 0 Å². The van der Waals surface area contributed by atoms with Crippen LogP contribution < -0.4 is 0 Å². The second-order valence-corrected chi connectivity index (χ2v) is 7.72. The van der Waals surface area contributed by atoms with Crippen LogP contribution in [-0.2, 0) is 0 Å².